The van der Waals surface area contributed by atoms with Crippen LogP contribution in [0.2, 0.25) is 5.02 Å². The lowest BCUT2D eigenvalue weighted by atomic mass is 10.2. The van der Waals surface area contributed by atoms with Crippen molar-refractivity contribution in [2.24, 2.45) is 0 Å². The highest BCUT2D eigenvalue weighted by Gasteiger charge is 2.20. The maximum atomic E-state index is 11.9. The van der Waals surface area contributed by atoms with Crippen LogP contribution >= 0.6 is 11.6 Å². The average Bonchev–Trinajstić information content (AvgIpc) is 2.77. The molecule has 0 aliphatic carbocycles. The number of rotatable bonds is 4. The maximum Gasteiger partial charge on any atom is 0.225 e. The predicted molar refractivity (Wildman–Crippen MR) is 79.4 cm³/mol. The number of benzene rings is 1. The lowest BCUT2D eigenvalue weighted by Crippen LogP contribution is -2.30. The van der Waals surface area contributed by atoms with E-state index < -0.39 is 0 Å². The van der Waals surface area contributed by atoms with Gasteiger partial charge >= 0.3 is 0 Å². The number of amides is 1. The summed E-state index contributed by atoms with van der Waals surface area (Å²) in [6.45, 7) is 4.13. The molecule has 1 heterocycles. The third-order valence-corrected chi connectivity index (χ3v) is 3.94. The Balaban J connectivity index is 1.82. The fourth-order valence-corrected chi connectivity index (χ4v) is 2.53. The number of anilines is 2. The zero-order chi connectivity index (χ0) is 13.8. The highest BCUT2D eigenvalue weighted by atomic mass is 35.5. The monoisotopic (exact) mass is 281 g/mol. The van der Waals surface area contributed by atoms with Gasteiger partial charge in [-0.1, -0.05) is 11.6 Å². The van der Waals surface area contributed by atoms with Crippen molar-refractivity contribution in [1.82, 2.24) is 4.90 Å². The molecule has 1 saturated heterocycles. The molecule has 0 saturated carbocycles. The largest absolute Gasteiger partial charge is 0.397 e. The Morgan fingerprint density at radius 1 is 1.58 bits per heavy atom. The van der Waals surface area contributed by atoms with E-state index in [9.17, 15) is 4.79 Å². The fourth-order valence-electron chi connectivity index (χ4n) is 2.42. The fraction of sp³-hybridized carbons (Fsp3) is 0.500. The van der Waals surface area contributed by atoms with Gasteiger partial charge in [-0.15, -0.1) is 0 Å². The second-order valence-corrected chi connectivity index (χ2v) is 5.47. The molecule has 1 amide bonds. The molecule has 1 aromatic carbocycles. The summed E-state index contributed by atoms with van der Waals surface area (Å²) >= 11 is 5.84. The van der Waals surface area contributed by atoms with Crippen LogP contribution in [0.4, 0.5) is 11.4 Å². The van der Waals surface area contributed by atoms with E-state index in [1.807, 2.05) is 0 Å². The van der Waals surface area contributed by atoms with Crippen molar-refractivity contribution in [1.29, 1.82) is 0 Å². The number of nitrogens with zero attached hydrogens (tertiary/aromatic N) is 1. The molecule has 1 aromatic rings. The molecule has 104 valence electrons. The Kier molecular flexibility index (Phi) is 4.66. The van der Waals surface area contributed by atoms with E-state index in [4.69, 9.17) is 17.3 Å². The van der Waals surface area contributed by atoms with E-state index in [1.165, 1.54) is 12.8 Å². The molecule has 1 aliphatic heterocycles. The lowest BCUT2D eigenvalue weighted by Gasteiger charge is -2.20. The number of carbonyl (C=O) groups is 1. The highest BCUT2D eigenvalue weighted by Crippen LogP contribution is 2.22. The standard InChI is InChI=1S/C14H20ClN3O/c1-10-3-2-7-18(10)8-6-14(19)17-11-4-5-12(15)13(16)9-11/h4-5,9-10H,2-3,6-8,16H2,1H3,(H,17,19). The molecule has 1 unspecified atom stereocenters. The summed E-state index contributed by atoms with van der Waals surface area (Å²) in [4.78, 5) is 14.2. The number of nitrogens with two attached hydrogens (primary N) is 1. The van der Waals surface area contributed by atoms with Gasteiger partial charge in [0, 0.05) is 24.7 Å². The van der Waals surface area contributed by atoms with Crippen LogP contribution in [0.1, 0.15) is 26.2 Å². The van der Waals surface area contributed by atoms with E-state index in [1.54, 1.807) is 18.2 Å². The van der Waals surface area contributed by atoms with Gasteiger partial charge in [0.25, 0.3) is 0 Å². The summed E-state index contributed by atoms with van der Waals surface area (Å²) in [6.07, 6.45) is 2.97. The van der Waals surface area contributed by atoms with Gasteiger partial charge in [-0.25, -0.2) is 0 Å². The molecule has 0 aromatic heterocycles. The van der Waals surface area contributed by atoms with Crippen molar-refractivity contribution >= 4 is 28.9 Å². The Labute approximate surface area is 118 Å². The van der Waals surface area contributed by atoms with Crippen molar-refractivity contribution in [2.75, 3.05) is 24.1 Å². The van der Waals surface area contributed by atoms with Crippen molar-refractivity contribution < 1.29 is 4.79 Å². The summed E-state index contributed by atoms with van der Waals surface area (Å²) < 4.78 is 0. The number of hydrogen-bond donors (Lipinski definition) is 2. The van der Waals surface area contributed by atoms with Crippen molar-refractivity contribution in [3.63, 3.8) is 0 Å². The molecule has 1 aliphatic rings. The number of carbonyl (C=O) groups excluding carboxylic acids is 1. The van der Waals surface area contributed by atoms with Gasteiger partial charge in [-0.2, -0.15) is 0 Å². The quantitative estimate of drug-likeness (QED) is 0.835. The minimum atomic E-state index is 0.0147. The Hall–Kier alpha value is -1.26. The summed E-state index contributed by atoms with van der Waals surface area (Å²) in [5.41, 5.74) is 6.87. The van der Waals surface area contributed by atoms with Crippen molar-refractivity contribution in [2.45, 2.75) is 32.2 Å². The first kappa shape index (κ1) is 14.2. The first-order chi connectivity index (χ1) is 9.06. The average molecular weight is 282 g/mol. The zero-order valence-electron chi connectivity index (χ0n) is 11.2. The first-order valence-electron chi connectivity index (χ1n) is 6.65. The first-order valence-corrected chi connectivity index (χ1v) is 7.03. The second kappa shape index (κ2) is 6.26. The van der Waals surface area contributed by atoms with Gasteiger partial charge in [0.2, 0.25) is 5.91 Å². The van der Waals surface area contributed by atoms with Crippen LogP contribution in [0.25, 0.3) is 0 Å². The van der Waals surface area contributed by atoms with Crippen LogP contribution < -0.4 is 11.1 Å². The van der Waals surface area contributed by atoms with Crippen LogP contribution in [-0.4, -0.2) is 29.9 Å². The van der Waals surface area contributed by atoms with Crippen LogP contribution in [0, 0.1) is 0 Å². The molecular weight excluding hydrogens is 262 g/mol. The predicted octanol–water partition coefficient (Wildman–Crippen LogP) is 2.74. The third-order valence-electron chi connectivity index (χ3n) is 3.60. The molecule has 1 fully saturated rings. The summed E-state index contributed by atoms with van der Waals surface area (Å²) in [5, 5.41) is 3.35. The van der Waals surface area contributed by atoms with Gasteiger partial charge in [-0.3, -0.25) is 4.79 Å². The molecule has 0 radical (unpaired) electrons. The zero-order valence-corrected chi connectivity index (χ0v) is 11.9. The van der Waals surface area contributed by atoms with Gasteiger partial charge in [0.1, 0.15) is 0 Å². The molecular formula is C14H20ClN3O. The van der Waals surface area contributed by atoms with E-state index >= 15 is 0 Å². The maximum absolute atomic E-state index is 11.9. The van der Waals surface area contributed by atoms with Gasteiger partial charge in [0.15, 0.2) is 0 Å². The smallest absolute Gasteiger partial charge is 0.225 e. The van der Waals surface area contributed by atoms with Gasteiger partial charge in [0.05, 0.1) is 10.7 Å². The number of nitrogen functional groups attached to an aromatic ring is 1. The normalized spacial score (nSPS) is 19.6. The molecule has 5 heteroatoms. The van der Waals surface area contributed by atoms with E-state index in [-0.39, 0.29) is 5.91 Å². The molecule has 1 atom stereocenters. The number of nitrogens with one attached hydrogen (secondary N) is 1. The third kappa shape index (κ3) is 3.85. The lowest BCUT2D eigenvalue weighted by molar-refractivity contribution is -0.116. The molecule has 2 rings (SSSR count). The molecule has 3 N–H and O–H groups in total. The Bertz CT molecular complexity index is 464. The van der Waals surface area contributed by atoms with E-state index in [0.29, 0.717) is 28.9 Å². The summed E-state index contributed by atoms with van der Waals surface area (Å²) in [7, 11) is 0. The van der Waals surface area contributed by atoms with Gasteiger partial charge < -0.3 is 16.0 Å². The van der Waals surface area contributed by atoms with E-state index in [0.717, 1.165) is 13.1 Å². The van der Waals surface area contributed by atoms with Gasteiger partial charge in [-0.05, 0) is 44.5 Å². The minimum Gasteiger partial charge on any atom is -0.397 e. The second-order valence-electron chi connectivity index (χ2n) is 5.06. The number of likely N-dealkylation sites (tertiary alicyclic amines) is 1. The Morgan fingerprint density at radius 3 is 3.00 bits per heavy atom. The van der Waals surface area contributed by atoms with Crippen LogP contribution in [-0.2, 0) is 4.79 Å². The van der Waals surface area contributed by atoms with Crippen LogP contribution in [0.15, 0.2) is 18.2 Å². The van der Waals surface area contributed by atoms with Crippen LogP contribution in [0.3, 0.4) is 0 Å². The minimum absolute atomic E-state index is 0.0147. The summed E-state index contributed by atoms with van der Waals surface area (Å²) in [6, 6.07) is 5.72. The van der Waals surface area contributed by atoms with Crippen molar-refractivity contribution in [3.05, 3.63) is 23.2 Å². The summed E-state index contributed by atoms with van der Waals surface area (Å²) in [5.74, 6) is 0.0147. The van der Waals surface area contributed by atoms with Crippen LogP contribution in [0.5, 0.6) is 0 Å². The van der Waals surface area contributed by atoms with Crippen molar-refractivity contribution in [3.8, 4) is 0 Å². The Morgan fingerprint density at radius 2 is 2.37 bits per heavy atom. The topological polar surface area (TPSA) is 58.4 Å². The SMILES string of the molecule is CC1CCCN1CCC(=O)Nc1ccc(Cl)c(N)c1. The molecule has 19 heavy (non-hydrogen) atoms. The molecule has 0 bridgehead atoms. The number of halogens is 1. The van der Waals surface area contributed by atoms with E-state index in [2.05, 4.69) is 17.1 Å². The molecule has 4 nitrogen and oxygen atoms in total. The molecule has 0 spiro atoms. The number of hydrogen-bond acceptors (Lipinski definition) is 3. The highest BCUT2D eigenvalue weighted by molar-refractivity contribution is 6.33.